The molecule has 2 aromatic rings. The Hall–Kier alpha value is -2.67. The van der Waals surface area contributed by atoms with Crippen LogP contribution in [0, 0.1) is 11.7 Å². The van der Waals surface area contributed by atoms with E-state index in [1.54, 1.807) is 6.07 Å². The molecule has 1 aromatic heterocycles. The maximum Gasteiger partial charge on any atom is 0.250 e. The minimum atomic E-state index is -0.595. The Balaban J connectivity index is 0.00000190. The van der Waals surface area contributed by atoms with Crippen LogP contribution in [-0.2, 0) is 6.54 Å². The quantitative estimate of drug-likeness (QED) is 0.623. The number of nitrogens with two attached hydrogens (primary N) is 1. The van der Waals surface area contributed by atoms with Gasteiger partial charge in [-0.05, 0) is 42.6 Å². The molecule has 0 unspecified atom stereocenters. The van der Waals surface area contributed by atoms with Gasteiger partial charge in [0.2, 0.25) is 17.5 Å². The highest BCUT2D eigenvalue weighted by atomic mass is 19.1. The normalized spacial score (nSPS) is 10.2. The number of carbonyl (C=O) groups excluding carboxylic acids is 1. The van der Waals surface area contributed by atoms with Gasteiger partial charge in [0.1, 0.15) is 0 Å². The summed E-state index contributed by atoms with van der Waals surface area (Å²) in [5.74, 6) is -0.190. The third-order valence-electron chi connectivity index (χ3n) is 3.74. The predicted octanol–water partition coefficient (Wildman–Crippen LogP) is 4.28. The summed E-state index contributed by atoms with van der Waals surface area (Å²) in [5.41, 5.74) is 6.16. The highest BCUT2D eigenvalue weighted by molar-refractivity contribution is 5.92. The maximum absolute atomic E-state index is 14.5. The lowest BCUT2D eigenvalue weighted by Gasteiger charge is -2.13. The Kier molecular flexibility index (Phi) is 9.95. The van der Waals surface area contributed by atoms with E-state index in [0.717, 1.165) is 18.5 Å². The molecule has 0 aliphatic heterocycles. The summed E-state index contributed by atoms with van der Waals surface area (Å²) < 4.78 is 25.2. The van der Waals surface area contributed by atoms with E-state index in [4.69, 9.17) is 15.2 Å². The van der Waals surface area contributed by atoms with Crippen molar-refractivity contribution in [2.45, 2.75) is 40.7 Å². The number of amides is 1. The van der Waals surface area contributed by atoms with Crippen molar-refractivity contribution in [3.63, 3.8) is 0 Å². The van der Waals surface area contributed by atoms with Crippen molar-refractivity contribution in [2.75, 3.05) is 13.7 Å². The van der Waals surface area contributed by atoms with Crippen molar-refractivity contribution in [3.8, 4) is 17.4 Å². The van der Waals surface area contributed by atoms with Crippen molar-refractivity contribution < 1.29 is 18.7 Å². The molecule has 0 atom stereocenters. The van der Waals surface area contributed by atoms with Gasteiger partial charge in [0.05, 0.1) is 12.7 Å². The average Bonchev–Trinajstić information content (AvgIpc) is 2.68. The number of aromatic nitrogens is 1. The molecule has 2 rings (SSSR count). The molecule has 1 aromatic carbocycles. The number of hydrogen-bond acceptors (Lipinski definition) is 5. The second kappa shape index (κ2) is 11.9. The molecule has 0 fully saturated rings. The predicted molar refractivity (Wildman–Crippen MR) is 108 cm³/mol. The number of halogens is 1. The zero-order chi connectivity index (χ0) is 21.1. The zero-order valence-electron chi connectivity index (χ0n) is 17.2. The monoisotopic (exact) mass is 391 g/mol. The van der Waals surface area contributed by atoms with Crippen LogP contribution in [0.3, 0.4) is 0 Å². The molecule has 6 nitrogen and oxygen atoms in total. The van der Waals surface area contributed by atoms with Crippen LogP contribution < -0.4 is 20.5 Å². The van der Waals surface area contributed by atoms with Gasteiger partial charge in [-0.2, -0.15) is 0 Å². The summed E-state index contributed by atoms with van der Waals surface area (Å²) in [4.78, 5) is 15.0. The molecule has 0 bridgehead atoms. The Morgan fingerprint density at radius 1 is 1.29 bits per heavy atom. The van der Waals surface area contributed by atoms with Crippen LogP contribution in [0.2, 0.25) is 0 Å². The van der Waals surface area contributed by atoms with E-state index in [2.05, 4.69) is 24.1 Å². The maximum atomic E-state index is 14.5. The molecule has 1 heterocycles. The number of hydrogen-bond donors (Lipinski definition) is 2. The lowest BCUT2D eigenvalue weighted by Crippen LogP contribution is -2.16. The molecule has 28 heavy (non-hydrogen) atoms. The fraction of sp³-hybridized carbons (Fsp3) is 0.429. The summed E-state index contributed by atoms with van der Waals surface area (Å²) >= 11 is 0. The fourth-order valence-corrected chi connectivity index (χ4v) is 2.29. The van der Waals surface area contributed by atoms with Gasteiger partial charge in [0.25, 0.3) is 0 Å². The second-order valence-electron chi connectivity index (χ2n) is 6.32. The minimum Gasteiger partial charge on any atom is -0.493 e. The van der Waals surface area contributed by atoms with E-state index in [-0.39, 0.29) is 22.9 Å². The first-order valence-electron chi connectivity index (χ1n) is 9.41. The molecule has 0 saturated carbocycles. The number of primary amides is 1. The van der Waals surface area contributed by atoms with Gasteiger partial charge >= 0.3 is 0 Å². The molecule has 7 heteroatoms. The van der Waals surface area contributed by atoms with Gasteiger partial charge < -0.3 is 20.5 Å². The van der Waals surface area contributed by atoms with Crippen LogP contribution in [0.5, 0.6) is 17.4 Å². The Morgan fingerprint density at radius 2 is 2.00 bits per heavy atom. The van der Waals surface area contributed by atoms with Crippen LogP contribution in [0.15, 0.2) is 30.5 Å². The number of rotatable bonds is 9. The SMILES string of the molecule is CC.COc1cc(CNCCC(C)C)cc(F)c1Oc1ccc(C(N)=O)cn1. The van der Waals surface area contributed by atoms with Crippen LogP contribution in [-0.4, -0.2) is 24.5 Å². The average molecular weight is 391 g/mol. The van der Waals surface area contributed by atoms with E-state index in [0.29, 0.717) is 12.5 Å². The molecule has 0 radical (unpaired) electrons. The molecule has 0 spiro atoms. The smallest absolute Gasteiger partial charge is 0.250 e. The van der Waals surface area contributed by atoms with Gasteiger partial charge in [0, 0.05) is 18.8 Å². The van der Waals surface area contributed by atoms with E-state index < -0.39 is 11.7 Å². The van der Waals surface area contributed by atoms with E-state index in [9.17, 15) is 9.18 Å². The highest BCUT2D eigenvalue weighted by Crippen LogP contribution is 2.34. The molecular formula is C21H30FN3O3. The molecule has 0 aliphatic rings. The fourth-order valence-electron chi connectivity index (χ4n) is 2.29. The Labute approximate surface area is 166 Å². The number of nitrogens with one attached hydrogen (secondary N) is 1. The number of ether oxygens (including phenoxy) is 2. The minimum absolute atomic E-state index is 0.0576. The van der Waals surface area contributed by atoms with Gasteiger partial charge in [-0.3, -0.25) is 4.79 Å². The summed E-state index contributed by atoms with van der Waals surface area (Å²) in [7, 11) is 1.45. The van der Waals surface area contributed by atoms with Crippen molar-refractivity contribution in [1.82, 2.24) is 10.3 Å². The van der Waals surface area contributed by atoms with Crippen LogP contribution >= 0.6 is 0 Å². The van der Waals surface area contributed by atoms with Crippen molar-refractivity contribution >= 4 is 5.91 Å². The summed E-state index contributed by atoms with van der Waals surface area (Å²) in [6, 6.07) is 6.03. The van der Waals surface area contributed by atoms with Crippen molar-refractivity contribution in [3.05, 3.63) is 47.4 Å². The van der Waals surface area contributed by atoms with Gasteiger partial charge in [-0.1, -0.05) is 27.7 Å². The summed E-state index contributed by atoms with van der Waals surface area (Å²) in [5, 5.41) is 3.28. The van der Waals surface area contributed by atoms with Crippen LogP contribution in [0.4, 0.5) is 4.39 Å². The van der Waals surface area contributed by atoms with Crippen LogP contribution in [0.1, 0.15) is 50.0 Å². The lowest BCUT2D eigenvalue weighted by molar-refractivity contribution is 0.1000. The number of methoxy groups -OCH3 is 1. The van der Waals surface area contributed by atoms with Gasteiger partial charge in [-0.25, -0.2) is 9.37 Å². The Morgan fingerprint density at radius 3 is 2.54 bits per heavy atom. The molecule has 154 valence electrons. The first-order chi connectivity index (χ1) is 13.4. The number of carbonyl (C=O) groups is 1. The molecule has 1 amide bonds. The second-order valence-corrected chi connectivity index (χ2v) is 6.32. The highest BCUT2D eigenvalue weighted by Gasteiger charge is 2.15. The van der Waals surface area contributed by atoms with Gasteiger partial charge in [-0.15, -0.1) is 0 Å². The summed E-state index contributed by atoms with van der Waals surface area (Å²) in [6.45, 7) is 9.70. The van der Waals surface area contributed by atoms with E-state index in [1.165, 1.54) is 31.5 Å². The largest absolute Gasteiger partial charge is 0.493 e. The lowest BCUT2D eigenvalue weighted by atomic mass is 10.1. The first kappa shape index (κ1) is 23.4. The topological polar surface area (TPSA) is 86.5 Å². The van der Waals surface area contributed by atoms with E-state index >= 15 is 0 Å². The molecule has 0 aliphatic carbocycles. The molecule has 3 N–H and O–H groups in total. The molecule has 0 saturated heterocycles. The third kappa shape index (κ3) is 7.15. The first-order valence-corrected chi connectivity index (χ1v) is 9.41. The standard InChI is InChI=1S/C19H24FN3O3.C2H6/c1-12(2)6-7-22-10-13-8-15(20)18(16(9-13)25-3)26-17-5-4-14(11-23-17)19(21)24;1-2/h4-5,8-9,11-12,22H,6-7,10H2,1-3H3,(H2,21,24);1-2H3. The van der Waals surface area contributed by atoms with Crippen molar-refractivity contribution in [1.29, 1.82) is 0 Å². The Bertz CT molecular complexity index is 749. The van der Waals surface area contributed by atoms with Gasteiger partial charge in [0.15, 0.2) is 11.6 Å². The molecular weight excluding hydrogens is 361 g/mol. The third-order valence-corrected chi connectivity index (χ3v) is 3.74. The van der Waals surface area contributed by atoms with E-state index in [1.807, 2.05) is 13.8 Å². The number of nitrogens with zero attached hydrogens (tertiary/aromatic N) is 1. The number of benzene rings is 1. The number of pyridine rings is 1. The van der Waals surface area contributed by atoms with Crippen molar-refractivity contribution in [2.24, 2.45) is 11.7 Å². The summed E-state index contributed by atoms with van der Waals surface area (Å²) in [6.07, 6.45) is 2.32. The van der Waals surface area contributed by atoms with Crippen LogP contribution in [0.25, 0.3) is 0 Å². The zero-order valence-corrected chi connectivity index (χ0v) is 17.2.